The molecule has 0 fully saturated rings. The second-order valence-electron chi connectivity index (χ2n) is 4.56. The van der Waals surface area contributed by atoms with E-state index in [2.05, 4.69) is 0 Å². The molecular formula is C16H14N2O3. The quantitative estimate of drug-likeness (QED) is 0.835. The van der Waals surface area contributed by atoms with Crippen LogP contribution >= 0.6 is 0 Å². The first-order valence-corrected chi connectivity index (χ1v) is 6.26. The zero-order valence-electron chi connectivity index (χ0n) is 11.4. The molecule has 0 aliphatic heterocycles. The molecule has 0 spiro atoms. The van der Waals surface area contributed by atoms with Crippen LogP contribution in [0.5, 0.6) is 0 Å². The van der Waals surface area contributed by atoms with Crippen LogP contribution in [-0.2, 0) is 0 Å². The number of amides is 2. The van der Waals surface area contributed by atoms with E-state index in [1.165, 1.54) is 25.1 Å². The highest BCUT2D eigenvalue weighted by atomic mass is 16.1. The maximum Gasteiger partial charge on any atom is 0.249 e. The average molecular weight is 282 g/mol. The van der Waals surface area contributed by atoms with E-state index in [0.29, 0.717) is 16.7 Å². The molecule has 0 radical (unpaired) electrons. The summed E-state index contributed by atoms with van der Waals surface area (Å²) in [5, 5.41) is 0. The van der Waals surface area contributed by atoms with Crippen molar-refractivity contribution in [3.63, 3.8) is 0 Å². The van der Waals surface area contributed by atoms with E-state index in [9.17, 15) is 14.4 Å². The predicted octanol–water partition coefficient (Wildman–Crippen LogP) is 1.75. The Hall–Kier alpha value is -2.95. The molecule has 5 heteroatoms. The maximum absolute atomic E-state index is 11.8. The van der Waals surface area contributed by atoms with Gasteiger partial charge in [0.1, 0.15) is 0 Å². The highest BCUT2D eigenvalue weighted by molar-refractivity contribution is 6.11. The third-order valence-electron chi connectivity index (χ3n) is 3.17. The van der Waals surface area contributed by atoms with Gasteiger partial charge in [0.2, 0.25) is 11.8 Å². The Bertz CT molecular complexity index is 719. The van der Waals surface area contributed by atoms with Gasteiger partial charge in [-0.05, 0) is 24.6 Å². The first kappa shape index (κ1) is 14.5. The lowest BCUT2D eigenvalue weighted by atomic mass is 9.89. The van der Waals surface area contributed by atoms with Crippen molar-refractivity contribution in [2.45, 2.75) is 6.92 Å². The van der Waals surface area contributed by atoms with Crippen LogP contribution in [0, 0.1) is 0 Å². The van der Waals surface area contributed by atoms with Gasteiger partial charge in [0.05, 0.1) is 0 Å². The van der Waals surface area contributed by atoms with Gasteiger partial charge in [-0.15, -0.1) is 0 Å². The SMILES string of the molecule is CC(=O)c1ccccc1-c1c(C(N)=O)cccc1C(N)=O. The minimum Gasteiger partial charge on any atom is -0.366 e. The molecule has 0 atom stereocenters. The van der Waals surface area contributed by atoms with Crippen molar-refractivity contribution in [2.75, 3.05) is 0 Å². The second kappa shape index (κ2) is 5.58. The molecule has 0 saturated heterocycles. The molecule has 2 aromatic rings. The van der Waals surface area contributed by atoms with Gasteiger partial charge >= 0.3 is 0 Å². The lowest BCUT2D eigenvalue weighted by molar-refractivity contribution is 0.0993. The van der Waals surface area contributed by atoms with Crippen molar-refractivity contribution in [3.8, 4) is 11.1 Å². The molecule has 106 valence electrons. The smallest absolute Gasteiger partial charge is 0.249 e. The largest absolute Gasteiger partial charge is 0.366 e. The molecule has 2 aromatic carbocycles. The minimum atomic E-state index is -0.688. The number of hydrogen-bond donors (Lipinski definition) is 2. The van der Waals surface area contributed by atoms with Gasteiger partial charge in [-0.3, -0.25) is 14.4 Å². The molecule has 0 heterocycles. The van der Waals surface area contributed by atoms with Crippen LogP contribution in [0.1, 0.15) is 38.0 Å². The molecule has 4 N–H and O–H groups in total. The van der Waals surface area contributed by atoms with Crippen molar-refractivity contribution >= 4 is 17.6 Å². The van der Waals surface area contributed by atoms with Gasteiger partial charge in [-0.1, -0.05) is 30.3 Å². The molecule has 0 aliphatic rings. The summed E-state index contributed by atoms with van der Waals surface area (Å²) in [5.41, 5.74) is 12.2. The molecule has 0 unspecified atom stereocenters. The van der Waals surface area contributed by atoms with Gasteiger partial charge in [0.15, 0.2) is 5.78 Å². The van der Waals surface area contributed by atoms with Crippen LogP contribution < -0.4 is 11.5 Å². The van der Waals surface area contributed by atoms with E-state index in [-0.39, 0.29) is 16.9 Å². The Balaban J connectivity index is 2.88. The number of carbonyl (C=O) groups excluding carboxylic acids is 3. The van der Waals surface area contributed by atoms with Crippen LogP contribution in [0.2, 0.25) is 0 Å². The van der Waals surface area contributed by atoms with E-state index in [4.69, 9.17) is 11.5 Å². The monoisotopic (exact) mass is 282 g/mol. The molecular weight excluding hydrogens is 268 g/mol. The molecule has 0 aliphatic carbocycles. The number of benzene rings is 2. The second-order valence-corrected chi connectivity index (χ2v) is 4.56. The zero-order chi connectivity index (χ0) is 15.6. The van der Waals surface area contributed by atoms with E-state index in [1.807, 2.05) is 0 Å². The molecule has 0 aromatic heterocycles. The molecule has 21 heavy (non-hydrogen) atoms. The highest BCUT2D eigenvalue weighted by Gasteiger charge is 2.20. The molecule has 2 amide bonds. The summed E-state index contributed by atoms with van der Waals surface area (Å²) in [6.45, 7) is 1.41. The molecule has 0 bridgehead atoms. The number of ketones is 1. The minimum absolute atomic E-state index is 0.153. The lowest BCUT2D eigenvalue weighted by Gasteiger charge is -2.14. The fourth-order valence-electron chi connectivity index (χ4n) is 2.26. The van der Waals surface area contributed by atoms with Crippen LogP contribution in [0.25, 0.3) is 11.1 Å². The molecule has 5 nitrogen and oxygen atoms in total. The Kier molecular flexibility index (Phi) is 3.84. The van der Waals surface area contributed by atoms with Gasteiger partial charge in [-0.2, -0.15) is 0 Å². The summed E-state index contributed by atoms with van der Waals surface area (Å²) >= 11 is 0. The van der Waals surface area contributed by atoms with Crippen LogP contribution in [0.4, 0.5) is 0 Å². The summed E-state index contributed by atoms with van der Waals surface area (Å²) in [4.78, 5) is 35.0. The third kappa shape index (κ3) is 2.67. The Morgan fingerprint density at radius 2 is 1.24 bits per heavy atom. The molecule has 2 rings (SSSR count). The summed E-state index contributed by atoms with van der Waals surface area (Å²) in [6.07, 6.45) is 0. The Morgan fingerprint density at radius 3 is 1.71 bits per heavy atom. The maximum atomic E-state index is 11.8. The standard InChI is InChI=1S/C16H14N2O3/c1-9(19)10-5-2-3-6-11(10)14-12(15(17)20)7-4-8-13(14)16(18)21/h2-8H,1H3,(H2,17,20)(H2,18,21). The average Bonchev–Trinajstić information content (AvgIpc) is 2.46. The van der Waals surface area contributed by atoms with Gasteiger partial charge in [0.25, 0.3) is 0 Å². The van der Waals surface area contributed by atoms with E-state index >= 15 is 0 Å². The number of hydrogen-bond acceptors (Lipinski definition) is 3. The predicted molar refractivity (Wildman–Crippen MR) is 78.9 cm³/mol. The number of rotatable bonds is 4. The highest BCUT2D eigenvalue weighted by Crippen LogP contribution is 2.30. The van der Waals surface area contributed by atoms with Crippen molar-refractivity contribution in [1.82, 2.24) is 0 Å². The summed E-state index contributed by atoms with van der Waals surface area (Å²) in [5.74, 6) is -1.56. The summed E-state index contributed by atoms with van der Waals surface area (Å²) < 4.78 is 0. The Morgan fingerprint density at radius 1 is 0.762 bits per heavy atom. The number of nitrogens with two attached hydrogens (primary N) is 2. The van der Waals surface area contributed by atoms with Crippen molar-refractivity contribution < 1.29 is 14.4 Å². The van der Waals surface area contributed by atoms with Gasteiger partial charge < -0.3 is 11.5 Å². The topological polar surface area (TPSA) is 103 Å². The fourth-order valence-corrected chi connectivity index (χ4v) is 2.26. The van der Waals surface area contributed by atoms with Crippen molar-refractivity contribution in [3.05, 3.63) is 59.2 Å². The van der Waals surface area contributed by atoms with E-state index in [0.717, 1.165) is 0 Å². The first-order chi connectivity index (χ1) is 9.93. The number of carbonyl (C=O) groups is 3. The number of primary amides is 2. The van der Waals surface area contributed by atoms with E-state index < -0.39 is 11.8 Å². The van der Waals surface area contributed by atoms with Crippen molar-refractivity contribution in [2.24, 2.45) is 11.5 Å². The van der Waals surface area contributed by atoms with Crippen molar-refractivity contribution in [1.29, 1.82) is 0 Å². The summed E-state index contributed by atoms with van der Waals surface area (Å²) in [6, 6.07) is 11.2. The van der Waals surface area contributed by atoms with Crippen LogP contribution in [0.3, 0.4) is 0 Å². The lowest BCUT2D eigenvalue weighted by Crippen LogP contribution is -2.18. The fraction of sp³-hybridized carbons (Fsp3) is 0.0625. The van der Waals surface area contributed by atoms with Gasteiger partial charge in [-0.25, -0.2) is 0 Å². The first-order valence-electron chi connectivity index (χ1n) is 6.26. The van der Waals surface area contributed by atoms with Crippen LogP contribution in [0.15, 0.2) is 42.5 Å². The molecule has 0 saturated carbocycles. The third-order valence-corrected chi connectivity index (χ3v) is 3.17. The number of Topliss-reactive ketones (excluding diaryl/α,β-unsaturated/α-hetero) is 1. The van der Waals surface area contributed by atoms with E-state index in [1.54, 1.807) is 24.3 Å². The van der Waals surface area contributed by atoms with Crippen LogP contribution in [-0.4, -0.2) is 17.6 Å². The van der Waals surface area contributed by atoms with Gasteiger partial charge in [0, 0.05) is 22.3 Å². The zero-order valence-corrected chi connectivity index (χ0v) is 11.4. The normalized spacial score (nSPS) is 10.1. The Labute approximate surface area is 121 Å². The summed E-state index contributed by atoms with van der Waals surface area (Å²) in [7, 11) is 0.